The van der Waals surface area contributed by atoms with Crippen molar-refractivity contribution in [3.8, 4) is 16.9 Å². The lowest BCUT2D eigenvalue weighted by Crippen LogP contribution is -2.08. The zero-order valence-corrected chi connectivity index (χ0v) is 21.3. The summed E-state index contributed by atoms with van der Waals surface area (Å²) >= 11 is 3.39. The third-order valence-corrected chi connectivity index (χ3v) is 6.25. The molecule has 6 heteroatoms. The average Bonchev–Trinajstić information content (AvgIpc) is 2.88. The number of aromatic hydroxyl groups is 1. The van der Waals surface area contributed by atoms with Gasteiger partial charge in [0.2, 0.25) is 0 Å². The van der Waals surface area contributed by atoms with E-state index < -0.39 is 11.6 Å². The molecule has 4 aromatic rings. The van der Waals surface area contributed by atoms with Crippen LogP contribution in [0.2, 0.25) is 0 Å². The highest BCUT2D eigenvalue weighted by Gasteiger charge is 2.24. The van der Waals surface area contributed by atoms with Gasteiger partial charge in [0.25, 0.3) is 0 Å². The minimum Gasteiger partial charge on any atom is -0.507 e. The van der Waals surface area contributed by atoms with Gasteiger partial charge in [-0.15, -0.1) is 0 Å². The van der Waals surface area contributed by atoms with Gasteiger partial charge in [0.15, 0.2) is 11.6 Å². The Labute approximate surface area is 221 Å². The van der Waals surface area contributed by atoms with E-state index in [1.165, 1.54) is 60.7 Å². The van der Waals surface area contributed by atoms with E-state index >= 15 is 0 Å². The number of phenols is 1. The molecule has 0 atom stereocenters. The molecule has 0 saturated carbocycles. The van der Waals surface area contributed by atoms with Crippen LogP contribution >= 0.6 is 15.9 Å². The topological polar surface area (TPSA) is 54.4 Å². The summed E-state index contributed by atoms with van der Waals surface area (Å²) in [5.41, 5.74) is 2.83. The van der Waals surface area contributed by atoms with E-state index in [0.29, 0.717) is 27.8 Å². The first-order valence-electron chi connectivity index (χ1n) is 11.3. The first kappa shape index (κ1) is 25.9. The summed E-state index contributed by atoms with van der Waals surface area (Å²) in [6.07, 6.45) is 5.72. The molecule has 0 aliphatic carbocycles. The van der Waals surface area contributed by atoms with Crippen molar-refractivity contribution in [1.29, 1.82) is 0 Å². The van der Waals surface area contributed by atoms with Crippen LogP contribution in [0.25, 0.3) is 23.3 Å². The van der Waals surface area contributed by atoms with Gasteiger partial charge < -0.3 is 5.11 Å². The van der Waals surface area contributed by atoms with Crippen LogP contribution in [0.1, 0.15) is 37.4 Å². The smallest absolute Gasteiger partial charge is 0.190 e. The van der Waals surface area contributed by atoms with Gasteiger partial charge in [-0.2, -0.15) is 0 Å². The number of ketones is 2. The Balaban J connectivity index is 1.83. The molecule has 0 radical (unpaired) electrons. The molecule has 0 spiro atoms. The Kier molecular flexibility index (Phi) is 7.89. The van der Waals surface area contributed by atoms with E-state index in [1.807, 2.05) is 0 Å². The molecule has 0 amide bonds. The van der Waals surface area contributed by atoms with Gasteiger partial charge in [-0.25, -0.2) is 8.78 Å². The summed E-state index contributed by atoms with van der Waals surface area (Å²) in [5, 5.41) is 10.9. The van der Waals surface area contributed by atoms with Crippen LogP contribution in [-0.2, 0) is 0 Å². The maximum atomic E-state index is 13.4. The number of benzene rings is 4. The number of aryl methyl sites for hydroxylation is 1. The molecule has 184 valence electrons. The Morgan fingerprint density at radius 1 is 0.730 bits per heavy atom. The average molecular weight is 559 g/mol. The van der Waals surface area contributed by atoms with Gasteiger partial charge in [-0.05, 0) is 83.8 Å². The number of phenolic OH excluding ortho intramolecular Hbond substituents is 1. The lowest BCUT2D eigenvalue weighted by molar-refractivity contribution is 0.104. The summed E-state index contributed by atoms with van der Waals surface area (Å²) in [6.45, 7) is 1.68. The molecular formula is C31H21BrF2O3. The molecule has 0 aliphatic heterocycles. The molecule has 0 unspecified atom stereocenters. The number of halogens is 3. The van der Waals surface area contributed by atoms with Gasteiger partial charge >= 0.3 is 0 Å². The number of carbonyl (C=O) groups is 2. The standard InChI is InChI=1S/C31H21BrF2O3/c1-19-18-28(37)31(27(36)17-7-21-4-14-25(34)15-5-21)30(22-8-10-23(32)11-9-22)29(19)26(35)16-6-20-2-12-24(33)13-3-20/h2-18,37H,1H3/b16-6+,17-7+. The number of hydrogen-bond acceptors (Lipinski definition) is 3. The predicted octanol–water partition coefficient (Wildman–Crippen LogP) is 8.20. The lowest BCUT2D eigenvalue weighted by Gasteiger charge is -2.17. The van der Waals surface area contributed by atoms with Crippen molar-refractivity contribution in [2.24, 2.45) is 0 Å². The second-order valence-corrected chi connectivity index (χ2v) is 9.26. The minimum atomic E-state index is -0.517. The molecular weight excluding hydrogens is 538 g/mol. The minimum absolute atomic E-state index is 0.0233. The Morgan fingerprint density at radius 3 is 1.68 bits per heavy atom. The molecule has 4 rings (SSSR count). The first-order valence-corrected chi connectivity index (χ1v) is 12.1. The van der Waals surface area contributed by atoms with Crippen LogP contribution in [0.4, 0.5) is 8.78 Å². The third kappa shape index (κ3) is 6.16. The first-order chi connectivity index (χ1) is 17.7. The Bertz CT molecular complexity index is 1430. The van der Waals surface area contributed by atoms with E-state index in [9.17, 15) is 23.5 Å². The molecule has 0 aromatic heterocycles. The monoisotopic (exact) mass is 558 g/mol. The van der Waals surface area contributed by atoms with Crippen LogP contribution in [0.3, 0.4) is 0 Å². The highest BCUT2D eigenvalue weighted by molar-refractivity contribution is 9.10. The van der Waals surface area contributed by atoms with Crippen molar-refractivity contribution < 1.29 is 23.5 Å². The molecule has 1 N–H and O–H groups in total. The fourth-order valence-corrected chi connectivity index (χ4v) is 4.19. The predicted molar refractivity (Wildman–Crippen MR) is 146 cm³/mol. The molecule has 0 bridgehead atoms. The van der Waals surface area contributed by atoms with E-state index in [1.54, 1.807) is 49.4 Å². The van der Waals surface area contributed by atoms with Crippen molar-refractivity contribution in [2.45, 2.75) is 6.92 Å². The van der Waals surface area contributed by atoms with E-state index in [2.05, 4.69) is 15.9 Å². The maximum Gasteiger partial charge on any atom is 0.190 e. The zero-order valence-electron chi connectivity index (χ0n) is 19.7. The fraction of sp³-hybridized carbons (Fsp3) is 0.0323. The Morgan fingerprint density at radius 2 is 1.19 bits per heavy atom. The highest BCUT2D eigenvalue weighted by Crippen LogP contribution is 2.37. The van der Waals surface area contributed by atoms with Gasteiger partial charge in [0.1, 0.15) is 17.4 Å². The van der Waals surface area contributed by atoms with Crippen LogP contribution in [0.15, 0.2) is 95.5 Å². The fourth-order valence-electron chi connectivity index (χ4n) is 3.93. The number of hydrogen-bond donors (Lipinski definition) is 1. The van der Waals surface area contributed by atoms with Crippen LogP contribution in [-0.4, -0.2) is 16.7 Å². The van der Waals surface area contributed by atoms with Crippen molar-refractivity contribution in [3.05, 3.63) is 135 Å². The second-order valence-electron chi connectivity index (χ2n) is 8.34. The van der Waals surface area contributed by atoms with Gasteiger partial charge in [-0.1, -0.05) is 64.5 Å². The highest BCUT2D eigenvalue weighted by atomic mass is 79.9. The molecule has 4 aromatic carbocycles. The maximum absolute atomic E-state index is 13.4. The largest absolute Gasteiger partial charge is 0.507 e. The van der Waals surface area contributed by atoms with Crippen molar-refractivity contribution in [3.63, 3.8) is 0 Å². The summed E-state index contributed by atoms with van der Waals surface area (Å²) < 4.78 is 27.3. The van der Waals surface area contributed by atoms with Gasteiger partial charge in [0.05, 0.1) is 5.56 Å². The molecule has 0 heterocycles. The van der Waals surface area contributed by atoms with E-state index in [0.717, 1.165) is 4.47 Å². The quantitative estimate of drug-likeness (QED) is 0.184. The van der Waals surface area contributed by atoms with Crippen molar-refractivity contribution >= 4 is 39.6 Å². The van der Waals surface area contributed by atoms with Crippen LogP contribution in [0, 0.1) is 18.6 Å². The summed E-state index contributed by atoms with van der Waals surface area (Å²) in [4.78, 5) is 26.8. The normalized spacial score (nSPS) is 11.4. The van der Waals surface area contributed by atoms with Crippen molar-refractivity contribution in [2.75, 3.05) is 0 Å². The SMILES string of the molecule is Cc1cc(O)c(C(=O)/C=C/c2ccc(F)cc2)c(-c2ccc(Br)cc2)c1C(=O)/C=C/c1ccc(F)cc1. The van der Waals surface area contributed by atoms with Crippen LogP contribution in [0.5, 0.6) is 5.75 Å². The van der Waals surface area contributed by atoms with Crippen molar-refractivity contribution in [1.82, 2.24) is 0 Å². The molecule has 37 heavy (non-hydrogen) atoms. The Hall–Kier alpha value is -4.16. The zero-order chi connectivity index (χ0) is 26.5. The van der Waals surface area contributed by atoms with E-state index in [4.69, 9.17) is 0 Å². The molecule has 3 nitrogen and oxygen atoms in total. The summed E-state index contributed by atoms with van der Waals surface area (Å²) in [5.74, 6) is -1.93. The van der Waals surface area contributed by atoms with Crippen LogP contribution < -0.4 is 0 Å². The van der Waals surface area contributed by atoms with Gasteiger partial charge in [0, 0.05) is 15.6 Å². The molecule has 0 aliphatic rings. The lowest BCUT2D eigenvalue weighted by atomic mass is 9.86. The summed E-state index contributed by atoms with van der Waals surface area (Å²) in [7, 11) is 0. The molecule has 0 fully saturated rings. The number of rotatable bonds is 7. The number of allylic oxidation sites excluding steroid dienone is 2. The summed E-state index contributed by atoms with van der Waals surface area (Å²) in [6, 6.07) is 19.8. The molecule has 0 saturated heterocycles. The third-order valence-electron chi connectivity index (χ3n) is 5.72. The second kappa shape index (κ2) is 11.3. The number of carbonyl (C=O) groups excluding carboxylic acids is 2. The van der Waals surface area contributed by atoms with Gasteiger partial charge in [-0.3, -0.25) is 9.59 Å². The van der Waals surface area contributed by atoms with E-state index in [-0.39, 0.29) is 28.5 Å².